The van der Waals surface area contributed by atoms with Gasteiger partial charge >= 0.3 is 0 Å². The van der Waals surface area contributed by atoms with Crippen molar-refractivity contribution in [1.82, 2.24) is 0 Å². The summed E-state index contributed by atoms with van der Waals surface area (Å²) in [4.78, 5) is 9.88. The van der Waals surface area contributed by atoms with Gasteiger partial charge in [-0.15, -0.1) is 0 Å². The quantitative estimate of drug-likeness (QED) is 0.362. The summed E-state index contributed by atoms with van der Waals surface area (Å²) >= 11 is 0. The second kappa shape index (κ2) is 12.5. The third kappa shape index (κ3) is 13.4. The molecule has 0 aliphatic carbocycles. The van der Waals surface area contributed by atoms with Gasteiger partial charge in [0.2, 0.25) is 6.29 Å². The van der Waals surface area contributed by atoms with Gasteiger partial charge in [0.25, 0.3) is 0 Å². The van der Waals surface area contributed by atoms with E-state index in [9.17, 15) is 4.79 Å². The van der Waals surface area contributed by atoms with E-state index in [-0.39, 0.29) is 0 Å². The van der Waals surface area contributed by atoms with Crippen molar-refractivity contribution < 1.29 is 4.79 Å². The van der Waals surface area contributed by atoms with Crippen LogP contribution in [0, 0.1) is 5.92 Å². The second-order valence-electron chi connectivity index (χ2n) is 4.97. The summed E-state index contributed by atoms with van der Waals surface area (Å²) in [5.74, 6) is 0.862. The van der Waals surface area contributed by atoms with Crippen molar-refractivity contribution in [2.45, 2.75) is 71.6 Å². The molecule has 0 fully saturated rings. The lowest BCUT2D eigenvalue weighted by Gasteiger charge is -2.04. The van der Waals surface area contributed by atoms with Crippen LogP contribution in [0.4, 0.5) is 0 Å². The third-order valence-electron chi connectivity index (χ3n) is 2.84. The van der Waals surface area contributed by atoms with Crippen molar-refractivity contribution in [3.8, 4) is 0 Å². The average molecular weight is 223 g/mol. The van der Waals surface area contributed by atoms with Crippen LogP contribution in [-0.2, 0) is 4.79 Å². The van der Waals surface area contributed by atoms with Crippen molar-refractivity contribution in [2.75, 3.05) is 0 Å². The summed E-state index contributed by atoms with van der Waals surface area (Å²) in [6.45, 7) is 4.59. The van der Waals surface area contributed by atoms with Gasteiger partial charge in [-0.05, 0) is 24.8 Å². The molecular weight excluding hydrogens is 196 g/mol. The van der Waals surface area contributed by atoms with Crippen LogP contribution < -0.4 is 0 Å². The van der Waals surface area contributed by atoms with Gasteiger partial charge < -0.3 is 0 Å². The van der Waals surface area contributed by atoms with Gasteiger partial charge in [0.15, 0.2) is 0 Å². The highest BCUT2D eigenvalue weighted by atomic mass is 16.1. The Bertz CT molecular complexity index is 170. The van der Waals surface area contributed by atoms with Crippen molar-refractivity contribution in [2.24, 2.45) is 5.92 Å². The van der Waals surface area contributed by atoms with E-state index in [1.165, 1.54) is 57.4 Å². The molecular formula is C15H27O. The van der Waals surface area contributed by atoms with E-state index in [4.69, 9.17) is 0 Å². The van der Waals surface area contributed by atoms with Crippen molar-refractivity contribution in [3.63, 3.8) is 0 Å². The van der Waals surface area contributed by atoms with Gasteiger partial charge in [0.1, 0.15) is 0 Å². The molecule has 0 spiro atoms. The normalized spacial score (nSPS) is 11.4. The minimum absolute atomic E-state index is 0.862. The average Bonchev–Trinajstić information content (AvgIpc) is 2.25. The Morgan fingerprint density at radius 1 is 0.938 bits per heavy atom. The molecule has 0 rings (SSSR count). The van der Waals surface area contributed by atoms with Crippen molar-refractivity contribution in [3.05, 3.63) is 12.2 Å². The lowest BCUT2D eigenvalue weighted by Crippen LogP contribution is -1.87. The van der Waals surface area contributed by atoms with Gasteiger partial charge in [-0.1, -0.05) is 64.9 Å². The zero-order valence-corrected chi connectivity index (χ0v) is 11.0. The maximum atomic E-state index is 9.88. The van der Waals surface area contributed by atoms with Crippen molar-refractivity contribution >= 4 is 6.29 Å². The molecule has 0 saturated heterocycles. The summed E-state index contributed by atoms with van der Waals surface area (Å²) in [5, 5.41) is 0. The number of allylic oxidation sites excluding steroid dienone is 2. The van der Waals surface area contributed by atoms with Crippen molar-refractivity contribution in [1.29, 1.82) is 0 Å². The van der Waals surface area contributed by atoms with Gasteiger partial charge in [-0.2, -0.15) is 0 Å². The van der Waals surface area contributed by atoms with Crippen LogP contribution in [0.25, 0.3) is 0 Å². The topological polar surface area (TPSA) is 17.1 Å². The first kappa shape index (κ1) is 15.4. The molecule has 1 radical (unpaired) electrons. The zero-order chi connectivity index (χ0) is 12.1. The van der Waals surface area contributed by atoms with E-state index in [2.05, 4.69) is 13.8 Å². The molecule has 1 heteroatoms. The predicted molar refractivity (Wildman–Crippen MR) is 71.2 cm³/mol. The number of hydrogen-bond donors (Lipinski definition) is 0. The summed E-state index contributed by atoms with van der Waals surface area (Å²) in [6.07, 6.45) is 17.0. The summed E-state index contributed by atoms with van der Waals surface area (Å²) in [6, 6.07) is 0. The van der Waals surface area contributed by atoms with Crippen LogP contribution in [-0.4, -0.2) is 6.29 Å². The van der Waals surface area contributed by atoms with Gasteiger partial charge in [-0.25, -0.2) is 0 Å². The Labute approximate surface area is 101 Å². The Balaban J connectivity index is 2.98. The lowest BCUT2D eigenvalue weighted by molar-refractivity contribution is 0.509. The van der Waals surface area contributed by atoms with Crippen LogP contribution in [0.15, 0.2) is 12.2 Å². The fraction of sp³-hybridized carbons (Fsp3) is 0.800. The number of rotatable bonds is 11. The Morgan fingerprint density at radius 2 is 1.50 bits per heavy atom. The maximum absolute atomic E-state index is 9.88. The lowest BCUT2D eigenvalue weighted by atomic mass is 10.0. The van der Waals surface area contributed by atoms with E-state index in [0.29, 0.717) is 0 Å². The van der Waals surface area contributed by atoms with Crippen LogP contribution in [0.1, 0.15) is 71.6 Å². The van der Waals surface area contributed by atoms with Crippen LogP contribution in [0.5, 0.6) is 0 Å². The van der Waals surface area contributed by atoms with E-state index in [1.807, 2.05) is 6.08 Å². The van der Waals surface area contributed by atoms with Crippen LogP contribution >= 0.6 is 0 Å². The first-order valence-electron chi connectivity index (χ1n) is 6.80. The van der Waals surface area contributed by atoms with Gasteiger partial charge in [-0.3, -0.25) is 4.79 Å². The Morgan fingerprint density at radius 3 is 2.06 bits per heavy atom. The molecule has 1 nitrogen and oxygen atoms in total. The smallest absolute Gasteiger partial charge is 0.225 e. The fourth-order valence-corrected chi connectivity index (χ4v) is 1.83. The molecule has 0 N–H and O–H groups in total. The molecule has 0 aliphatic rings. The predicted octanol–water partition coefficient (Wildman–Crippen LogP) is 4.82. The highest BCUT2D eigenvalue weighted by Crippen LogP contribution is 2.12. The molecule has 0 unspecified atom stereocenters. The molecule has 0 atom stereocenters. The first-order chi connectivity index (χ1) is 7.77. The molecule has 0 aromatic rings. The second-order valence-corrected chi connectivity index (χ2v) is 4.97. The zero-order valence-electron chi connectivity index (χ0n) is 11.0. The number of carbonyl (C=O) groups excluding carboxylic acids is 1. The van der Waals surface area contributed by atoms with Gasteiger partial charge in [0, 0.05) is 0 Å². The number of hydrogen-bond acceptors (Lipinski definition) is 1. The third-order valence-corrected chi connectivity index (χ3v) is 2.84. The molecule has 0 amide bonds. The molecule has 0 aromatic carbocycles. The summed E-state index contributed by atoms with van der Waals surface area (Å²) < 4.78 is 0. The highest BCUT2D eigenvalue weighted by Gasteiger charge is 1.94. The molecule has 0 bridgehead atoms. The van der Waals surface area contributed by atoms with E-state index in [1.54, 1.807) is 6.29 Å². The summed E-state index contributed by atoms with van der Waals surface area (Å²) in [5.41, 5.74) is 0. The summed E-state index contributed by atoms with van der Waals surface area (Å²) in [7, 11) is 0. The molecule has 0 aromatic heterocycles. The molecule has 93 valence electrons. The Kier molecular flexibility index (Phi) is 12.0. The van der Waals surface area contributed by atoms with E-state index >= 15 is 0 Å². The van der Waals surface area contributed by atoms with Gasteiger partial charge in [0.05, 0.1) is 0 Å². The minimum Gasteiger partial charge on any atom is -0.286 e. The molecule has 0 heterocycles. The van der Waals surface area contributed by atoms with Crippen LogP contribution in [0.3, 0.4) is 0 Å². The standard InChI is InChI=1S/C15H27O/c1-15(2)13-11-9-7-5-3-4-6-8-10-12-14-16/h10,12,15H,3-9,11,13H2,1-2H3. The minimum atomic E-state index is 0.862. The number of unbranched alkanes of at least 4 members (excludes halogenated alkanes) is 7. The molecule has 16 heavy (non-hydrogen) atoms. The first-order valence-corrected chi connectivity index (χ1v) is 6.80. The SMILES string of the molecule is CC(C)CCCCCCCCCC=C[C]=O. The van der Waals surface area contributed by atoms with Crippen LogP contribution in [0.2, 0.25) is 0 Å². The van der Waals surface area contributed by atoms with E-state index in [0.717, 1.165) is 12.3 Å². The molecule has 0 aliphatic heterocycles. The fourth-order valence-electron chi connectivity index (χ4n) is 1.83. The Hall–Kier alpha value is -0.590. The maximum Gasteiger partial charge on any atom is 0.225 e. The van der Waals surface area contributed by atoms with E-state index < -0.39 is 0 Å². The monoisotopic (exact) mass is 223 g/mol. The molecule has 0 saturated carbocycles. The largest absolute Gasteiger partial charge is 0.286 e. The highest BCUT2D eigenvalue weighted by molar-refractivity contribution is 5.65.